The monoisotopic (exact) mass is 575 g/mol. The highest BCUT2D eigenvalue weighted by Crippen LogP contribution is 2.43. The molecular weight excluding hydrogens is 530 g/mol. The summed E-state index contributed by atoms with van der Waals surface area (Å²) >= 11 is 0. The average Bonchev–Trinajstić information content (AvgIpc) is 3.68. The van der Waals surface area contributed by atoms with Crippen LogP contribution in [0.1, 0.15) is 60.3 Å². The molecule has 0 radical (unpaired) electrons. The van der Waals surface area contributed by atoms with Gasteiger partial charge in [0.1, 0.15) is 23.6 Å². The fraction of sp³-hybridized carbons (Fsp3) is 0.667. The predicted molar refractivity (Wildman–Crippen MR) is 153 cm³/mol. The number of carbonyl (C=O) groups is 3. The molecule has 3 aliphatic heterocycles. The lowest BCUT2D eigenvalue weighted by molar-refractivity contribution is -0.157. The molecule has 3 aliphatic rings. The fourth-order valence-corrected chi connectivity index (χ4v) is 5.25. The van der Waals surface area contributed by atoms with Crippen LogP contribution in [0.5, 0.6) is 0 Å². The Bertz CT molecular complexity index is 1080. The van der Waals surface area contributed by atoms with Gasteiger partial charge in [-0.2, -0.15) is 0 Å². The van der Waals surface area contributed by atoms with E-state index >= 15 is 0 Å². The largest absolute Gasteiger partial charge is 0.469 e. The van der Waals surface area contributed by atoms with E-state index in [2.05, 4.69) is 23.3 Å². The van der Waals surface area contributed by atoms with Crippen molar-refractivity contribution in [2.45, 2.75) is 102 Å². The van der Waals surface area contributed by atoms with E-state index in [1.165, 1.54) is 20.1 Å². The number of allylic oxidation sites excluding steroid dienone is 2. The Hall–Kier alpha value is -2.86. The number of methoxy groups -OCH3 is 1. The van der Waals surface area contributed by atoms with Crippen LogP contribution >= 0.6 is 0 Å². The summed E-state index contributed by atoms with van der Waals surface area (Å²) in [6, 6.07) is -0.137. The number of ether oxygens (including phenoxy) is 4. The van der Waals surface area contributed by atoms with Crippen molar-refractivity contribution in [3.8, 4) is 0 Å². The minimum atomic E-state index is -0.806. The van der Waals surface area contributed by atoms with Crippen molar-refractivity contribution in [3.05, 3.63) is 36.0 Å². The van der Waals surface area contributed by atoms with E-state index in [1.54, 1.807) is 13.0 Å². The molecule has 3 rings (SSSR count). The van der Waals surface area contributed by atoms with E-state index in [-0.39, 0.29) is 66.2 Å². The molecule has 9 atom stereocenters. The summed E-state index contributed by atoms with van der Waals surface area (Å²) in [5, 5.41) is 13.8. The van der Waals surface area contributed by atoms with Crippen LogP contribution in [-0.2, 0) is 33.3 Å². The van der Waals surface area contributed by atoms with Gasteiger partial charge in [-0.25, -0.2) is 4.99 Å². The van der Waals surface area contributed by atoms with Gasteiger partial charge in [0.25, 0.3) is 0 Å². The Labute approximate surface area is 242 Å². The molecule has 4 N–H and O–H groups in total. The van der Waals surface area contributed by atoms with E-state index in [0.717, 1.165) is 12.0 Å². The molecule has 11 nitrogen and oxygen atoms in total. The van der Waals surface area contributed by atoms with E-state index < -0.39 is 17.8 Å². The summed E-state index contributed by atoms with van der Waals surface area (Å²) < 4.78 is 22.6. The third-order valence-electron chi connectivity index (χ3n) is 7.96. The second-order valence-electron chi connectivity index (χ2n) is 11.5. The molecule has 0 aromatic heterocycles. The van der Waals surface area contributed by atoms with Gasteiger partial charge in [-0.3, -0.25) is 14.4 Å². The summed E-state index contributed by atoms with van der Waals surface area (Å²) in [5.41, 5.74) is 6.12. The van der Waals surface area contributed by atoms with Crippen LogP contribution in [0, 0.1) is 11.8 Å². The Kier molecular flexibility index (Phi) is 11.4. The normalized spacial score (nSPS) is 35.0. The maximum atomic E-state index is 12.5. The van der Waals surface area contributed by atoms with Gasteiger partial charge in [0.2, 0.25) is 11.8 Å². The highest BCUT2D eigenvalue weighted by Gasteiger charge is 2.58. The van der Waals surface area contributed by atoms with E-state index in [0.29, 0.717) is 19.4 Å². The van der Waals surface area contributed by atoms with Gasteiger partial charge in [0.15, 0.2) is 0 Å². The van der Waals surface area contributed by atoms with E-state index in [9.17, 15) is 19.5 Å². The van der Waals surface area contributed by atoms with Gasteiger partial charge in [-0.15, -0.1) is 0 Å². The molecule has 0 saturated carbocycles. The van der Waals surface area contributed by atoms with E-state index in [4.69, 9.17) is 24.7 Å². The molecule has 228 valence electrons. The van der Waals surface area contributed by atoms with Crippen molar-refractivity contribution >= 4 is 23.6 Å². The third-order valence-corrected chi connectivity index (χ3v) is 7.96. The maximum absolute atomic E-state index is 12.5. The van der Waals surface area contributed by atoms with Crippen LogP contribution in [0.15, 0.2) is 40.9 Å². The van der Waals surface area contributed by atoms with Crippen molar-refractivity contribution in [1.29, 1.82) is 0 Å². The Morgan fingerprint density at radius 2 is 1.93 bits per heavy atom. The van der Waals surface area contributed by atoms with Crippen molar-refractivity contribution in [2.24, 2.45) is 22.6 Å². The zero-order chi connectivity index (χ0) is 30.3. The number of aliphatic hydroxyl groups is 1. The molecule has 3 fully saturated rings. The first kappa shape index (κ1) is 32.7. The maximum Gasteiger partial charge on any atom is 0.308 e. The molecule has 1 spiro atoms. The van der Waals surface area contributed by atoms with Gasteiger partial charge in [0.05, 0.1) is 44.5 Å². The summed E-state index contributed by atoms with van der Waals surface area (Å²) in [6.45, 7) is 9.57. The number of nitrogens with zero attached hydrogens (tertiary/aromatic N) is 1. The number of carbonyl (C=O) groups excluding carboxylic acids is 3. The van der Waals surface area contributed by atoms with Gasteiger partial charge in [0, 0.05) is 19.3 Å². The molecule has 11 heteroatoms. The molecule has 0 aliphatic carbocycles. The molecular formula is C30H45N3O8. The van der Waals surface area contributed by atoms with Crippen LogP contribution in [0.25, 0.3) is 0 Å². The highest BCUT2D eigenvalue weighted by molar-refractivity contribution is 5.95. The number of amidine groups is 1. The number of aliphatic imine (C=N–C) groups is 1. The van der Waals surface area contributed by atoms with E-state index in [1.807, 2.05) is 26.0 Å². The molecule has 2 amide bonds. The lowest BCUT2D eigenvalue weighted by Crippen LogP contribution is -2.50. The quantitative estimate of drug-likeness (QED) is 0.0884. The molecule has 0 aromatic rings. The second kappa shape index (κ2) is 14.4. The molecule has 0 aromatic carbocycles. The smallest absolute Gasteiger partial charge is 0.308 e. The van der Waals surface area contributed by atoms with Crippen LogP contribution in [0.2, 0.25) is 0 Å². The first-order valence-electron chi connectivity index (χ1n) is 14.2. The summed E-state index contributed by atoms with van der Waals surface area (Å²) in [4.78, 5) is 39.0. The average molecular weight is 576 g/mol. The van der Waals surface area contributed by atoms with Crippen molar-refractivity contribution in [2.75, 3.05) is 13.7 Å². The lowest BCUT2D eigenvalue weighted by atomic mass is 9.87. The summed E-state index contributed by atoms with van der Waals surface area (Å²) in [5.74, 6) is -0.953. The number of hydrogen-bond acceptors (Lipinski definition) is 8. The van der Waals surface area contributed by atoms with Crippen molar-refractivity contribution in [1.82, 2.24) is 5.32 Å². The Morgan fingerprint density at radius 3 is 2.56 bits per heavy atom. The number of esters is 1. The molecule has 3 heterocycles. The minimum absolute atomic E-state index is 0.0104. The number of hydrogen-bond donors (Lipinski definition) is 3. The van der Waals surface area contributed by atoms with Gasteiger partial charge in [-0.05, 0) is 38.7 Å². The molecule has 1 unspecified atom stereocenters. The van der Waals surface area contributed by atoms with Crippen LogP contribution in [0.4, 0.5) is 0 Å². The number of nitrogens with two attached hydrogens (primary N) is 1. The highest BCUT2D eigenvalue weighted by atomic mass is 16.6. The van der Waals surface area contributed by atoms with Crippen molar-refractivity contribution < 1.29 is 38.4 Å². The van der Waals surface area contributed by atoms with Crippen LogP contribution in [-0.4, -0.2) is 84.6 Å². The summed E-state index contributed by atoms with van der Waals surface area (Å²) in [6.07, 6.45) is 8.92. The molecule has 41 heavy (non-hydrogen) atoms. The second-order valence-corrected chi connectivity index (χ2v) is 11.5. The van der Waals surface area contributed by atoms with Gasteiger partial charge >= 0.3 is 5.97 Å². The fourth-order valence-electron chi connectivity index (χ4n) is 5.25. The number of epoxide rings is 1. The number of amides is 2. The standard InChI is InChI=1S/C30H45N3O8/c1-17(8-11-25-28(37)30(16-39-30)15-22(41-25)14-27(36)38-6)7-10-24-19(3)13-23(20(4)40-24)33-26(35)12-9-18(2)29(31)32-21(5)34/h7-9,11-12,18-20,22-25,28,37H,10,13-16H2,1-6H3,(H,33,35)(H2,31,32,34)/b11-8+,12-9-,17-7+/t18?,19-,20+,22+,23+,24-,25+,28+,30+/m0/s1. The zero-order valence-corrected chi connectivity index (χ0v) is 24.9. The third kappa shape index (κ3) is 9.32. The van der Waals surface area contributed by atoms with Crippen LogP contribution < -0.4 is 11.1 Å². The minimum Gasteiger partial charge on any atom is -0.469 e. The molecule has 0 bridgehead atoms. The first-order chi connectivity index (χ1) is 19.3. The van der Waals surface area contributed by atoms with Crippen molar-refractivity contribution in [3.63, 3.8) is 0 Å². The number of nitrogens with one attached hydrogen (secondary N) is 1. The summed E-state index contributed by atoms with van der Waals surface area (Å²) in [7, 11) is 1.34. The predicted octanol–water partition coefficient (Wildman–Crippen LogP) is 2.12. The Morgan fingerprint density at radius 1 is 1.22 bits per heavy atom. The van der Waals surface area contributed by atoms with Gasteiger partial charge < -0.3 is 35.1 Å². The number of aliphatic hydroxyl groups excluding tert-OH is 1. The first-order valence-corrected chi connectivity index (χ1v) is 14.2. The SMILES string of the molecule is COC(=O)C[C@@H]1C[C@@]2(CO2)[C@H](O)[C@@H](/C=C/C(C)=C/C[C@@H]2O[C@H](C)[C@H](NC(=O)/C=C\C(C)C(N)=NC(C)=O)C[C@@H]2C)O1. The van der Waals surface area contributed by atoms with Crippen LogP contribution in [0.3, 0.4) is 0 Å². The Balaban J connectivity index is 1.50. The number of rotatable bonds is 10. The zero-order valence-electron chi connectivity index (χ0n) is 24.9. The van der Waals surface area contributed by atoms with Gasteiger partial charge in [-0.1, -0.05) is 43.7 Å². The topological polar surface area (TPSA) is 162 Å². The lowest BCUT2D eigenvalue weighted by Gasteiger charge is -2.39. The molecule has 3 saturated heterocycles.